The van der Waals surface area contributed by atoms with Gasteiger partial charge in [0.15, 0.2) is 0 Å². The van der Waals surface area contributed by atoms with E-state index in [2.05, 4.69) is 20.7 Å². The van der Waals surface area contributed by atoms with Gasteiger partial charge in [0.1, 0.15) is 0 Å². The predicted octanol–water partition coefficient (Wildman–Crippen LogP) is 3.17. The lowest BCUT2D eigenvalue weighted by Crippen LogP contribution is -2.37. The first-order valence-corrected chi connectivity index (χ1v) is 11.7. The minimum atomic E-state index is -3.64. The molecule has 7 nitrogen and oxygen atoms in total. The van der Waals surface area contributed by atoms with E-state index in [-0.39, 0.29) is 17.5 Å². The van der Waals surface area contributed by atoms with E-state index >= 15 is 0 Å². The summed E-state index contributed by atoms with van der Waals surface area (Å²) in [6, 6.07) is 15.1. The lowest BCUT2D eigenvalue weighted by atomic mass is 10.1. The summed E-state index contributed by atoms with van der Waals surface area (Å²) in [5, 5.41) is 6.84. The first kappa shape index (κ1) is 19.3. The molecule has 0 aliphatic carbocycles. The zero-order valence-corrected chi connectivity index (χ0v) is 17.7. The molecule has 1 aliphatic rings. The average Bonchev–Trinajstić information content (AvgIpc) is 3.49. The van der Waals surface area contributed by atoms with E-state index in [0.717, 1.165) is 53.4 Å². The number of hydrogen-bond donors (Lipinski definition) is 2. The second-order valence-corrected chi connectivity index (χ2v) is 9.63. The molecular weight excluding hydrogens is 398 g/mol. The zero-order valence-electron chi connectivity index (χ0n) is 16.9. The van der Waals surface area contributed by atoms with Gasteiger partial charge in [0.05, 0.1) is 22.1 Å². The van der Waals surface area contributed by atoms with Gasteiger partial charge in [-0.1, -0.05) is 24.3 Å². The number of hydrogen-bond acceptors (Lipinski definition) is 4. The highest BCUT2D eigenvalue weighted by Crippen LogP contribution is 2.30. The van der Waals surface area contributed by atoms with Crippen LogP contribution in [0.25, 0.3) is 21.8 Å². The maximum atomic E-state index is 13.0. The molecule has 0 saturated carbocycles. The molecule has 1 saturated heterocycles. The summed E-state index contributed by atoms with van der Waals surface area (Å²) >= 11 is 0. The number of likely N-dealkylation sites (tertiary alicyclic amines) is 1. The van der Waals surface area contributed by atoms with Crippen LogP contribution in [0.2, 0.25) is 0 Å². The third kappa shape index (κ3) is 3.40. The number of sulfonamides is 1. The molecule has 0 amide bonds. The van der Waals surface area contributed by atoms with Crippen molar-refractivity contribution in [3.63, 3.8) is 0 Å². The third-order valence-electron chi connectivity index (χ3n) is 5.99. The molecule has 2 aromatic carbocycles. The van der Waals surface area contributed by atoms with E-state index in [0.29, 0.717) is 0 Å². The highest BCUT2D eigenvalue weighted by molar-refractivity contribution is 7.89. The maximum absolute atomic E-state index is 13.0. The standard InChI is InChI=1S/C22H25N5O2S/c1-26-20-7-3-2-6-18(20)22(25-26)21(27-12-4-5-13-27)15-24-30(28,29)17-9-8-16-10-11-23-19(16)14-17/h2-3,6-11,14,21,23-24H,4-5,12-13,15H2,1H3. The maximum Gasteiger partial charge on any atom is 0.240 e. The number of para-hydroxylation sites is 1. The Morgan fingerprint density at radius 1 is 1.13 bits per heavy atom. The van der Waals surface area contributed by atoms with E-state index in [9.17, 15) is 8.42 Å². The Kier molecular flexibility index (Phi) is 4.85. The fourth-order valence-electron chi connectivity index (χ4n) is 4.41. The van der Waals surface area contributed by atoms with Crippen LogP contribution in [0.1, 0.15) is 24.6 Å². The first-order chi connectivity index (χ1) is 14.5. The highest BCUT2D eigenvalue weighted by Gasteiger charge is 2.29. The van der Waals surface area contributed by atoms with Gasteiger partial charge >= 0.3 is 0 Å². The van der Waals surface area contributed by atoms with Crippen molar-refractivity contribution in [2.24, 2.45) is 7.05 Å². The van der Waals surface area contributed by atoms with Crippen molar-refractivity contribution in [3.05, 3.63) is 60.4 Å². The average molecular weight is 424 g/mol. The molecule has 1 unspecified atom stereocenters. The number of rotatable bonds is 6. The summed E-state index contributed by atoms with van der Waals surface area (Å²) in [6.45, 7) is 2.18. The van der Waals surface area contributed by atoms with Crippen LogP contribution in [-0.4, -0.2) is 47.7 Å². The Morgan fingerprint density at radius 2 is 1.93 bits per heavy atom. The summed E-state index contributed by atoms with van der Waals surface area (Å²) in [5.74, 6) is 0. The second kappa shape index (κ2) is 7.54. The lowest BCUT2D eigenvalue weighted by molar-refractivity contribution is 0.242. The fourth-order valence-corrected chi connectivity index (χ4v) is 5.47. The quantitative estimate of drug-likeness (QED) is 0.499. The van der Waals surface area contributed by atoms with Crippen molar-refractivity contribution in [3.8, 4) is 0 Å². The Labute approximate surface area is 175 Å². The van der Waals surface area contributed by atoms with Crippen molar-refractivity contribution in [1.29, 1.82) is 0 Å². The number of aromatic amines is 1. The lowest BCUT2D eigenvalue weighted by Gasteiger charge is -2.26. The molecule has 1 atom stereocenters. The van der Waals surface area contributed by atoms with Crippen LogP contribution in [0.5, 0.6) is 0 Å². The summed E-state index contributed by atoms with van der Waals surface area (Å²) in [4.78, 5) is 5.68. The SMILES string of the molecule is Cn1nc(C(CNS(=O)(=O)c2ccc3cc[nH]c3c2)N2CCCC2)c2ccccc21. The molecule has 156 valence electrons. The van der Waals surface area contributed by atoms with Crippen LogP contribution in [0, 0.1) is 0 Å². The molecule has 1 fully saturated rings. The third-order valence-corrected chi connectivity index (χ3v) is 7.41. The smallest absolute Gasteiger partial charge is 0.240 e. The number of benzene rings is 2. The molecular formula is C22H25N5O2S. The highest BCUT2D eigenvalue weighted by atomic mass is 32.2. The van der Waals surface area contributed by atoms with Crippen LogP contribution < -0.4 is 4.72 Å². The largest absolute Gasteiger partial charge is 0.361 e. The van der Waals surface area contributed by atoms with Crippen LogP contribution in [0.3, 0.4) is 0 Å². The number of H-pyrrole nitrogens is 1. The van der Waals surface area contributed by atoms with Crippen LogP contribution >= 0.6 is 0 Å². The van der Waals surface area contributed by atoms with Crippen molar-refractivity contribution < 1.29 is 8.42 Å². The number of fused-ring (bicyclic) bond motifs is 2. The Hall–Kier alpha value is -2.68. The summed E-state index contributed by atoms with van der Waals surface area (Å²) in [7, 11) is -1.71. The van der Waals surface area contributed by atoms with Gasteiger partial charge in [-0.25, -0.2) is 13.1 Å². The molecule has 5 rings (SSSR count). The topological polar surface area (TPSA) is 83.0 Å². The van der Waals surface area contributed by atoms with Crippen molar-refractivity contribution >= 4 is 31.8 Å². The molecule has 0 radical (unpaired) electrons. The van der Waals surface area contributed by atoms with Crippen molar-refractivity contribution in [2.75, 3.05) is 19.6 Å². The molecule has 2 aromatic heterocycles. The van der Waals surface area contributed by atoms with Gasteiger partial charge in [-0.3, -0.25) is 9.58 Å². The molecule has 2 N–H and O–H groups in total. The van der Waals surface area contributed by atoms with E-state index in [4.69, 9.17) is 5.10 Å². The molecule has 3 heterocycles. The van der Waals surface area contributed by atoms with Gasteiger partial charge in [0, 0.05) is 30.7 Å². The summed E-state index contributed by atoms with van der Waals surface area (Å²) < 4.78 is 30.8. The van der Waals surface area contributed by atoms with Crippen molar-refractivity contribution in [2.45, 2.75) is 23.8 Å². The molecule has 0 spiro atoms. The van der Waals surface area contributed by atoms with E-state index in [1.165, 1.54) is 0 Å². The number of nitrogens with one attached hydrogen (secondary N) is 2. The minimum absolute atomic E-state index is 0.109. The monoisotopic (exact) mass is 423 g/mol. The molecule has 0 bridgehead atoms. The van der Waals surface area contributed by atoms with Gasteiger partial charge in [-0.2, -0.15) is 5.10 Å². The Bertz CT molecular complexity index is 1300. The van der Waals surface area contributed by atoms with E-state index < -0.39 is 10.0 Å². The second-order valence-electron chi connectivity index (χ2n) is 7.86. The number of nitrogens with zero attached hydrogens (tertiary/aromatic N) is 3. The Balaban J connectivity index is 1.46. The van der Waals surface area contributed by atoms with Crippen LogP contribution in [0.15, 0.2) is 59.6 Å². The molecule has 4 aromatic rings. The Morgan fingerprint density at radius 3 is 2.77 bits per heavy atom. The summed E-state index contributed by atoms with van der Waals surface area (Å²) in [6.07, 6.45) is 4.05. The zero-order chi connectivity index (χ0) is 20.7. The van der Waals surface area contributed by atoms with Crippen LogP contribution in [0.4, 0.5) is 0 Å². The van der Waals surface area contributed by atoms with Gasteiger partial charge in [-0.15, -0.1) is 0 Å². The van der Waals surface area contributed by atoms with Gasteiger partial charge in [0.25, 0.3) is 0 Å². The summed E-state index contributed by atoms with van der Waals surface area (Å²) in [5.41, 5.74) is 2.79. The van der Waals surface area contributed by atoms with Crippen LogP contribution in [-0.2, 0) is 17.1 Å². The number of aromatic nitrogens is 3. The van der Waals surface area contributed by atoms with Gasteiger partial charge < -0.3 is 4.98 Å². The first-order valence-electron chi connectivity index (χ1n) is 10.3. The van der Waals surface area contributed by atoms with E-state index in [1.54, 1.807) is 12.1 Å². The number of aryl methyl sites for hydroxylation is 1. The fraction of sp³-hybridized carbons (Fsp3) is 0.318. The predicted molar refractivity (Wildman–Crippen MR) is 118 cm³/mol. The van der Waals surface area contributed by atoms with Gasteiger partial charge in [0.2, 0.25) is 10.0 Å². The van der Waals surface area contributed by atoms with Crippen molar-refractivity contribution in [1.82, 2.24) is 24.4 Å². The molecule has 30 heavy (non-hydrogen) atoms. The van der Waals surface area contributed by atoms with Gasteiger partial charge in [-0.05, 0) is 55.6 Å². The van der Waals surface area contributed by atoms with E-state index in [1.807, 2.05) is 48.3 Å². The minimum Gasteiger partial charge on any atom is -0.361 e. The molecule has 8 heteroatoms. The normalized spacial score (nSPS) is 16.6. The molecule has 1 aliphatic heterocycles.